The number of nitrogens with two attached hydrogens (primary N) is 1. The Bertz CT molecular complexity index is 450. The zero-order chi connectivity index (χ0) is 14.7. The van der Waals surface area contributed by atoms with Crippen molar-refractivity contribution in [1.82, 2.24) is 4.90 Å². The summed E-state index contributed by atoms with van der Waals surface area (Å²) >= 11 is 12.4. The largest absolute Gasteiger partial charge is 0.330 e. The van der Waals surface area contributed by atoms with E-state index in [1.165, 1.54) is 19.3 Å². The van der Waals surface area contributed by atoms with Gasteiger partial charge in [0.2, 0.25) is 0 Å². The molecule has 1 fully saturated rings. The third-order valence-electron chi connectivity index (χ3n) is 4.62. The third kappa shape index (κ3) is 3.30. The normalized spacial score (nSPS) is 24.3. The smallest absolute Gasteiger partial charge is 0.0468 e. The summed E-state index contributed by atoms with van der Waals surface area (Å²) in [6.45, 7) is 6.24. The SMILES string of the molecule is CCN(C(C)c1ccc(Cl)cc1Cl)C1CCCC1CN. The summed E-state index contributed by atoms with van der Waals surface area (Å²) in [5, 5.41) is 1.44. The molecule has 4 heteroatoms. The molecule has 2 rings (SSSR count). The first kappa shape index (κ1) is 16.1. The number of halogens is 2. The average Bonchev–Trinajstić information content (AvgIpc) is 2.87. The predicted octanol–water partition coefficient (Wildman–Crippen LogP) is 4.50. The summed E-state index contributed by atoms with van der Waals surface area (Å²) < 4.78 is 0. The lowest BCUT2D eigenvalue weighted by Gasteiger charge is -2.37. The maximum Gasteiger partial charge on any atom is 0.0468 e. The Hall–Kier alpha value is -0.280. The first-order valence-electron chi connectivity index (χ1n) is 7.49. The second kappa shape index (κ2) is 7.13. The monoisotopic (exact) mass is 314 g/mol. The van der Waals surface area contributed by atoms with Gasteiger partial charge in [-0.15, -0.1) is 0 Å². The van der Waals surface area contributed by atoms with Crippen molar-refractivity contribution in [2.24, 2.45) is 11.7 Å². The van der Waals surface area contributed by atoms with Gasteiger partial charge >= 0.3 is 0 Å². The lowest BCUT2D eigenvalue weighted by atomic mass is 9.98. The average molecular weight is 315 g/mol. The van der Waals surface area contributed by atoms with Gasteiger partial charge in [-0.05, 0) is 56.5 Å². The van der Waals surface area contributed by atoms with E-state index in [2.05, 4.69) is 18.7 Å². The summed E-state index contributed by atoms with van der Waals surface area (Å²) in [4.78, 5) is 2.54. The van der Waals surface area contributed by atoms with E-state index in [0.29, 0.717) is 23.0 Å². The molecular weight excluding hydrogens is 291 g/mol. The van der Waals surface area contributed by atoms with Gasteiger partial charge in [0.1, 0.15) is 0 Å². The molecule has 0 radical (unpaired) electrons. The summed E-state index contributed by atoms with van der Waals surface area (Å²) in [5.74, 6) is 0.614. The van der Waals surface area contributed by atoms with E-state index < -0.39 is 0 Å². The van der Waals surface area contributed by atoms with Gasteiger partial charge in [0.25, 0.3) is 0 Å². The number of hydrogen-bond donors (Lipinski definition) is 1. The van der Waals surface area contributed by atoms with Crippen LogP contribution in [0.25, 0.3) is 0 Å². The standard InChI is InChI=1S/C16H24Cl2N2/c1-3-20(16-6-4-5-12(16)10-19)11(2)14-8-7-13(17)9-15(14)18/h7-9,11-12,16H,3-6,10,19H2,1-2H3. The molecule has 0 saturated heterocycles. The Kier molecular flexibility index (Phi) is 5.74. The van der Waals surface area contributed by atoms with E-state index in [-0.39, 0.29) is 0 Å². The van der Waals surface area contributed by atoms with Gasteiger partial charge in [-0.1, -0.05) is 42.6 Å². The first-order chi connectivity index (χ1) is 9.58. The molecule has 1 saturated carbocycles. The molecule has 3 unspecified atom stereocenters. The van der Waals surface area contributed by atoms with Crippen LogP contribution in [0.3, 0.4) is 0 Å². The highest BCUT2D eigenvalue weighted by atomic mass is 35.5. The van der Waals surface area contributed by atoms with Gasteiger partial charge in [-0.2, -0.15) is 0 Å². The van der Waals surface area contributed by atoms with Crippen LogP contribution in [0.2, 0.25) is 10.0 Å². The molecule has 20 heavy (non-hydrogen) atoms. The topological polar surface area (TPSA) is 29.3 Å². The fourth-order valence-corrected chi connectivity index (χ4v) is 4.11. The van der Waals surface area contributed by atoms with E-state index in [0.717, 1.165) is 23.7 Å². The fraction of sp³-hybridized carbons (Fsp3) is 0.625. The number of benzene rings is 1. The van der Waals surface area contributed by atoms with E-state index in [1.807, 2.05) is 18.2 Å². The molecule has 1 aliphatic carbocycles. The summed E-state index contributed by atoms with van der Waals surface area (Å²) in [5.41, 5.74) is 7.09. The minimum absolute atomic E-state index is 0.293. The molecule has 1 aromatic carbocycles. The Balaban J connectivity index is 2.22. The van der Waals surface area contributed by atoms with Gasteiger partial charge in [-0.3, -0.25) is 4.90 Å². The molecule has 0 bridgehead atoms. The van der Waals surface area contributed by atoms with Crippen LogP contribution in [0.4, 0.5) is 0 Å². The van der Waals surface area contributed by atoms with Crippen LogP contribution in [0.15, 0.2) is 18.2 Å². The van der Waals surface area contributed by atoms with E-state index in [1.54, 1.807) is 0 Å². The zero-order valence-corrected chi connectivity index (χ0v) is 13.8. The van der Waals surface area contributed by atoms with E-state index in [4.69, 9.17) is 28.9 Å². The number of rotatable bonds is 5. The van der Waals surface area contributed by atoms with Crippen molar-refractivity contribution in [3.05, 3.63) is 33.8 Å². The molecule has 0 spiro atoms. The molecule has 2 N–H and O–H groups in total. The lowest BCUT2D eigenvalue weighted by molar-refractivity contribution is 0.123. The molecule has 112 valence electrons. The van der Waals surface area contributed by atoms with Crippen LogP contribution in [0, 0.1) is 5.92 Å². The maximum atomic E-state index is 6.37. The van der Waals surface area contributed by atoms with Crippen LogP contribution in [0.1, 0.15) is 44.7 Å². The van der Waals surface area contributed by atoms with Crippen LogP contribution < -0.4 is 5.73 Å². The molecule has 0 aromatic heterocycles. The Morgan fingerprint density at radius 3 is 2.70 bits per heavy atom. The van der Waals surface area contributed by atoms with Crippen molar-refractivity contribution < 1.29 is 0 Å². The Morgan fingerprint density at radius 2 is 2.10 bits per heavy atom. The Morgan fingerprint density at radius 1 is 1.35 bits per heavy atom. The van der Waals surface area contributed by atoms with Crippen LogP contribution in [0.5, 0.6) is 0 Å². The van der Waals surface area contributed by atoms with Crippen molar-refractivity contribution >= 4 is 23.2 Å². The van der Waals surface area contributed by atoms with E-state index >= 15 is 0 Å². The van der Waals surface area contributed by atoms with Crippen LogP contribution in [-0.2, 0) is 0 Å². The minimum Gasteiger partial charge on any atom is -0.330 e. The summed E-state index contributed by atoms with van der Waals surface area (Å²) in [6, 6.07) is 6.67. The van der Waals surface area contributed by atoms with Gasteiger partial charge in [0.05, 0.1) is 0 Å². The van der Waals surface area contributed by atoms with Crippen molar-refractivity contribution in [1.29, 1.82) is 0 Å². The van der Waals surface area contributed by atoms with Gasteiger partial charge in [0.15, 0.2) is 0 Å². The van der Waals surface area contributed by atoms with Crippen LogP contribution in [-0.4, -0.2) is 24.0 Å². The predicted molar refractivity (Wildman–Crippen MR) is 87.4 cm³/mol. The highest BCUT2D eigenvalue weighted by Crippen LogP contribution is 2.36. The second-order valence-corrected chi connectivity index (χ2v) is 6.51. The minimum atomic E-state index is 0.293. The number of nitrogens with zero attached hydrogens (tertiary/aromatic N) is 1. The van der Waals surface area contributed by atoms with Gasteiger partial charge in [0, 0.05) is 22.1 Å². The first-order valence-corrected chi connectivity index (χ1v) is 8.24. The summed E-state index contributed by atoms with van der Waals surface area (Å²) in [7, 11) is 0. The quantitative estimate of drug-likeness (QED) is 0.866. The van der Waals surface area contributed by atoms with E-state index in [9.17, 15) is 0 Å². The highest BCUT2D eigenvalue weighted by molar-refractivity contribution is 6.35. The summed E-state index contributed by atoms with van der Waals surface area (Å²) in [6.07, 6.45) is 3.77. The number of hydrogen-bond acceptors (Lipinski definition) is 2. The fourth-order valence-electron chi connectivity index (χ4n) is 3.54. The molecule has 0 heterocycles. The Labute approximate surface area is 132 Å². The molecule has 1 aromatic rings. The van der Waals surface area contributed by atoms with Crippen LogP contribution >= 0.6 is 23.2 Å². The zero-order valence-electron chi connectivity index (χ0n) is 12.3. The molecular formula is C16H24Cl2N2. The maximum absolute atomic E-state index is 6.37. The van der Waals surface area contributed by atoms with Gasteiger partial charge < -0.3 is 5.73 Å². The molecule has 0 amide bonds. The van der Waals surface area contributed by atoms with Crippen molar-refractivity contribution in [3.8, 4) is 0 Å². The third-order valence-corrected chi connectivity index (χ3v) is 5.19. The van der Waals surface area contributed by atoms with Gasteiger partial charge in [-0.25, -0.2) is 0 Å². The lowest BCUT2D eigenvalue weighted by Crippen LogP contribution is -2.41. The molecule has 0 aliphatic heterocycles. The molecule has 2 nitrogen and oxygen atoms in total. The molecule has 3 atom stereocenters. The van der Waals surface area contributed by atoms with Crippen molar-refractivity contribution in [3.63, 3.8) is 0 Å². The van der Waals surface area contributed by atoms with Crippen molar-refractivity contribution in [2.45, 2.75) is 45.2 Å². The highest BCUT2D eigenvalue weighted by Gasteiger charge is 2.33. The van der Waals surface area contributed by atoms with Crippen molar-refractivity contribution in [2.75, 3.05) is 13.1 Å². The second-order valence-electron chi connectivity index (χ2n) is 5.67. The molecule has 1 aliphatic rings.